The molecular formula is C14H15BrFN3O. The molecule has 2 unspecified atom stereocenters. The first-order chi connectivity index (χ1) is 9.65. The molecule has 0 radical (unpaired) electrons. The zero-order valence-corrected chi connectivity index (χ0v) is 12.4. The summed E-state index contributed by atoms with van der Waals surface area (Å²) in [6.07, 6.45) is 4.27. The van der Waals surface area contributed by atoms with Gasteiger partial charge in [-0.15, -0.1) is 0 Å². The highest BCUT2D eigenvalue weighted by Crippen LogP contribution is 2.32. The van der Waals surface area contributed by atoms with E-state index in [9.17, 15) is 4.39 Å². The molecule has 0 saturated heterocycles. The Labute approximate surface area is 124 Å². The van der Waals surface area contributed by atoms with Gasteiger partial charge in [0.1, 0.15) is 5.82 Å². The van der Waals surface area contributed by atoms with Gasteiger partial charge in [-0.25, -0.2) is 4.39 Å². The van der Waals surface area contributed by atoms with Crippen molar-refractivity contribution in [1.29, 1.82) is 0 Å². The van der Waals surface area contributed by atoms with Crippen LogP contribution in [0.5, 0.6) is 0 Å². The van der Waals surface area contributed by atoms with Gasteiger partial charge in [0.25, 0.3) is 0 Å². The molecular weight excluding hydrogens is 325 g/mol. The zero-order valence-electron chi connectivity index (χ0n) is 10.9. The summed E-state index contributed by atoms with van der Waals surface area (Å²) in [5.41, 5.74) is 6.84. The minimum absolute atomic E-state index is 0.0806. The maximum Gasteiger partial charge on any atom is 0.231 e. The van der Waals surface area contributed by atoms with Crippen molar-refractivity contribution in [2.24, 2.45) is 5.73 Å². The van der Waals surface area contributed by atoms with Gasteiger partial charge in [-0.1, -0.05) is 18.0 Å². The summed E-state index contributed by atoms with van der Waals surface area (Å²) >= 11 is 3.16. The third kappa shape index (κ3) is 2.62. The molecule has 1 aliphatic rings. The lowest BCUT2D eigenvalue weighted by atomic mass is 9.85. The largest absolute Gasteiger partial charge is 0.339 e. The van der Waals surface area contributed by atoms with Gasteiger partial charge in [-0.3, -0.25) is 0 Å². The fourth-order valence-electron chi connectivity index (χ4n) is 2.60. The molecule has 0 aliphatic heterocycles. The molecule has 4 nitrogen and oxygen atoms in total. The lowest BCUT2D eigenvalue weighted by Gasteiger charge is -2.25. The normalized spacial score (nSPS) is 22.9. The monoisotopic (exact) mass is 339 g/mol. The Balaban J connectivity index is 1.87. The first kappa shape index (κ1) is 13.7. The van der Waals surface area contributed by atoms with E-state index in [1.807, 2.05) is 0 Å². The smallest absolute Gasteiger partial charge is 0.231 e. The highest BCUT2D eigenvalue weighted by atomic mass is 79.9. The Morgan fingerprint density at radius 1 is 1.30 bits per heavy atom. The van der Waals surface area contributed by atoms with Gasteiger partial charge in [0.2, 0.25) is 11.7 Å². The van der Waals surface area contributed by atoms with Crippen molar-refractivity contribution in [2.45, 2.75) is 37.6 Å². The molecule has 2 atom stereocenters. The Bertz CT molecular complexity index is 616. The van der Waals surface area contributed by atoms with Crippen molar-refractivity contribution in [3.05, 3.63) is 34.4 Å². The van der Waals surface area contributed by atoms with Crippen LogP contribution in [0.2, 0.25) is 0 Å². The van der Waals surface area contributed by atoms with E-state index < -0.39 is 0 Å². The predicted molar refractivity (Wildman–Crippen MR) is 76.6 cm³/mol. The first-order valence-electron chi connectivity index (χ1n) is 6.70. The molecule has 3 rings (SSSR count). The van der Waals surface area contributed by atoms with E-state index in [-0.39, 0.29) is 17.8 Å². The van der Waals surface area contributed by atoms with Gasteiger partial charge >= 0.3 is 0 Å². The fourth-order valence-corrected chi connectivity index (χ4v) is 2.98. The highest BCUT2D eigenvalue weighted by molar-refractivity contribution is 9.10. The van der Waals surface area contributed by atoms with E-state index in [0.29, 0.717) is 16.2 Å². The Morgan fingerprint density at radius 3 is 2.85 bits per heavy atom. The van der Waals surface area contributed by atoms with E-state index in [0.717, 1.165) is 31.2 Å². The summed E-state index contributed by atoms with van der Waals surface area (Å²) in [6, 6.07) is 4.74. The number of nitrogens with zero attached hydrogens (tertiary/aromatic N) is 2. The number of hydrogen-bond acceptors (Lipinski definition) is 4. The standard InChI is InChI=1S/C14H15BrFN3O/c15-10-7-8(5-6-11(10)16)13-18-14(20-19-13)9-3-1-2-4-12(9)17/h5-7,9,12H,1-4,17H2. The molecule has 1 fully saturated rings. The molecule has 1 aromatic carbocycles. The molecule has 0 spiro atoms. The van der Waals surface area contributed by atoms with Crippen LogP contribution in [0.1, 0.15) is 37.5 Å². The van der Waals surface area contributed by atoms with Crippen molar-refractivity contribution in [3.8, 4) is 11.4 Å². The van der Waals surface area contributed by atoms with Crippen LogP contribution in [0, 0.1) is 5.82 Å². The quantitative estimate of drug-likeness (QED) is 0.907. The third-order valence-electron chi connectivity index (χ3n) is 3.76. The number of halogens is 2. The van der Waals surface area contributed by atoms with E-state index in [4.69, 9.17) is 10.3 Å². The molecule has 1 heterocycles. The van der Waals surface area contributed by atoms with Crippen molar-refractivity contribution < 1.29 is 8.91 Å². The number of nitrogens with two attached hydrogens (primary N) is 1. The minimum Gasteiger partial charge on any atom is -0.339 e. The second kappa shape index (κ2) is 5.61. The molecule has 2 aromatic rings. The summed E-state index contributed by atoms with van der Waals surface area (Å²) in [4.78, 5) is 4.42. The van der Waals surface area contributed by atoms with Gasteiger partial charge in [0.15, 0.2) is 0 Å². The van der Waals surface area contributed by atoms with Crippen molar-refractivity contribution in [2.75, 3.05) is 0 Å². The average Bonchev–Trinajstić information content (AvgIpc) is 2.92. The topological polar surface area (TPSA) is 64.9 Å². The fraction of sp³-hybridized carbons (Fsp3) is 0.429. The Kier molecular flexibility index (Phi) is 3.85. The molecule has 1 aromatic heterocycles. The minimum atomic E-state index is -0.313. The third-order valence-corrected chi connectivity index (χ3v) is 4.36. The molecule has 2 N–H and O–H groups in total. The second-order valence-electron chi connectivity index (χ2n) is 5.14. The van der Waals surface area contributed by atoms with Crippen LogP contribution >= 0.6 is 15.9 Å². The number of hydrogen-bond donors (Lipinski definition) is 1. The van der Waals surface area contributed by atoms with E-state index >= 15 is 0 Å². The lowest BCUT2D eigenvalue weighted by Crippen LogP contribution is -2.31. The van der Waals surface area contributed by atoms with Crippen LogP contribution < -0.4 is 5.73 Å². The summed E-state index contributed by atoms with van der Waals surface area (Å²) in [5.74, 6) is 0.881. The summed E-state index contributed by atoms with van der Waals surface area (Å²) < 4.78 is 19.0. The second-order valence-corrected chi connectivity index (χ2v) is 5.99. The van der Waals surface area contributed by atoms with E-state index in [1.165, 1.54) is 6.07 Å². The van der Waals surface area contributed by atoms with E-state index in [1.54, 1.807) is 12.1 Å². The van der Waals surface area contributed by atoms with Gasteiger partial charge in [-0.05, 0) is 47.0 Å². The number of benzene rings is 1. The maximum atomic E-state index is 13.2. The SMILES string of the molecule is NC1CCCCC1c1nc(-c2ccc(F)c(Br)c2)no1. The van der Waals surface area contributed by atoms with Gasteiger partial charge in [-0.2, -0.15) is 4.98 Å². The Morgan fingerprint density at radius 2 is 2.10 bits per heavy atom. The molecule has 106 valence electrons. The summed E-state index contributed by atoms with van der Waals surface area (Å²) in [7, 11) is 0. The van der Waals surface area contributed by atoms with Gasteiger partial charge in [0.05, 0.1) is 10.4 Å². The predicted octanol–water partition coefficient (Wildman–Crippen LogP) is 3.62. The highest BCUT2D eigenvalue weighted by Gasteiger charge is 2.28. The molecule has 1 aliphatic carbocycles. The maximum absolute atomic E-state index is 13.2. The van der Waals surface area contributed by atoms with Crippen molar-refractivity contribution in [3.63, 3.8) is 0 Å². The summed E-state index contributed by atoms with van der Waals surface area (Å²) in [5, 5.41) is 3.98. The molecule has 0 bridgehead atoms. The number of rotatable bonds is 2. The zero-order chi connectivity index (χ0) is 14.1. The first-order valence-corrected chi connectivity index (χ1v) is 7.49. The van der Waals surface area contributed by atoms with E-state index in [2.05, 4.69) is 26.1 Å². The van der Waals surface area contributed by atoms with Gasteiger partial charge < -0.3 is 10.3 Å². The molecule has 20 heavy (non-hydrogen) atoms. The van der Waals surface area contributed by atoms with Crippen LogP contribution in [-0.2, 0) is 0 Å². The van der Waals surface area contributed by atoms with Crippen LogP contribution in [0.4, 0.5) is 4.39 Å². The van der Waals surface area contributed by atoms with Crippen LogP contribution in [0.3, 0.4) is 0 Å². The molecule has 6 heteroatoms. The molecule has 1 saturated carbocycles. The Hall–Kier alpha value is -1.27. The van der Waals surface area contributed by atoms with Crippen molar-refractivity contribution >= 4 is 15.9 Å². The van der Waals surface area contributed by atoms with Crippen LogP contribution in [0.25, 0.3) is 11.4 Å². The average molecular weight is 340 g/mol. The summed E-state index contributed by atoms with van der Waals surface area (Å²) in [6.45, 7) is 0. The molecule has 0 amide bonds. The van der Waals surface area contributed by atoms with Crippen LogP contribution in [0.15, 0.2) is 27.2 Å². The van der Waals surface area contributed by atoms with Gasteiger partial charge in [0, 0.05) is 11.6 Å². The van der Waals surface area contributed by atoms with Crippen LogP contribution in [-0.4, -0.2) is 16.2 Å². The lowest BCUT2D eigenvalue weighted by molar-refractivity contribution is 0.290. The number of aromatic nitrogens is 2. The van der Waals surface area contributed by atoms with Crippen molar-refractivity contribution in [1.82, 2.24) is 10.1 Å².